The van der Waals surface area contributed by atoms with Crippen molar-refractivity contribution in [3.8, 4) is 6.07 Å². The number of rotatable bonds is 4. The topological polar surface area (TPSA) is 79.9 Å². The zero-order valence-corrected chi connectivity index (χ0v) is 18.7. The second-order valence-electron chi connectivity index (χ2n) is 9.23. The molecule has 0 fully saturated rings. The van der Waals surface area contributed by atoms with Crippen molar-refractivity contribution in [2.24, 2.45) is 17.3 Å². The quantitative estimate of drug-likeness (QED) is 0.475. The summed E-state index contributed by atoms with van der Waals surface area (Å²) in [6, 6.07) is 16.3. The van der Waals surface area contributed by atoms with E-state index in [1.807, 2.05) is 38.1 Å². The fourth-order valence-corrected chi connectivity index (χ4v) is 5.35. The molecule has 5 heteroatoms. The average Bonchev–Trinajstić information content (AvgIpc) is 2.78. The van der Waals surface area contributed by atoms with Crippen molar-refractivity contribution in [3.63, 3.8) is 0 Å². The number of aryl methyl sites for hydroxylation is 1. The molecule has 2 aromatic carbocycles. The molecule has 0 aliphatic heterocycles. The minimum Gasteiger partial charge on any atom is -0.511 e. The second kappa shape index (κ2) is 8.27. The highest BCUT2D eigenvalue weighted by atomic mass is 19.1. The standard InChI is InChI=1S/C27H28FN3O/c1-16-4-10-21(11-5-16)31-26-22(24(30)18-6-8-20(28)9-7-18)12-13-23-17(2)25(32)19(15-29)14-27(23,26)3/h4-11,17,23,30-32H,12-14H2,1-3H3/t17-,23-,27-/m1/s1. The third-order valence-corrected chi connectivity index (χ3v) is 7.18. The van der Waals surface area contributed by atoms with Crippen LogP contribution in [0, 0.1) is 46.7 Å². The first-order valence-electron chi connectivity index (χ1n) is 11.0. The number of hydrogen-bond acceptors (Lipinski definition) is 4. The molecule has 0 saturated heterocycles. The first-order chi connectivity index (χ1) is 15.2. The van der Waals surface area contributed by atoms with Crippen LogP contribution in [0.15, 0.2) is 71.1 Å². The Morgan fingerprint density at radius 1 is 1.19 bits per heavy atom. The monoisotopic (exact) mass is 429 g/mol. The molecule has 2 aromatic rings. The molecular formula is C27H28FN3O. The van der Waals surface area contributed by atoms with E-state index >= 15 is 0 Å². The van der Waals surface area contributed by atoms with Crippen LogP contribution >= 0.6 is 0 Å². The molecule has 32 heavy (non-hydrogen) atoms. The first-order valence-corrected chi connectivity index (χ1v) is 11.0. The zero-order valence-electron chi connectivity index (χ0n) is 18.7. The van der Waals surface area contributed by atoms with Gasteiger partial charge in [-0.05, 0) is 79.6 Å². The van der Waals surface area contributed by atoms with E-state index in [0.29, 0.717) is 29.7 Å². The van der Waals surface area contributed by atoms with Crippen molar-refractivity contribution in [1.82, 2.24) is 0 Å². The smallest absolute Gasteiger partial charge is 0.123 e. The van der Waals surface area contributed by atoms with E-state index < -0.39 is 5.41 Å². The number of aliphatic hydroxyl groups is 1. The summed E-state index contributed by atoms with van der Waals surface area (Å²) in [5.74, 6) is -0.136. The molecule has 0 unspecified atom stereocenters. The Hall–Kier alpha value is -3.39. The summed E-state index contributed by atoms with van der Waals surface area (Å²) in [4.78, 5) is 0. The van der Waals surface area contributed by atoms with Crippen LogP contribution in [0.3, 0.4) is 0 Å². The van der Waals surface area contributed by atoms with Crippen molar-refractivity contribution in [1.29, 1.82) is 10.7 Å². The van der Waals surface area contributed by atoms with E-state index in [1.54, 1.807) is 12.1 Å². The van der Waals surface area contributed by atoms with Gasteiger partial charge in [0.2, 0.25) is 0 Å². The number of nitrogens with one attached hydrogen (secondary N) is 2. The third-order valence-electron chi connectivity index (χ3n) is 7.18. The number of aliphatic hydroxyl groups excluding tert-OH is 1. The summed E-state index contributed by atoms with van der Waals surface area (Å²) in [6.45, 7) is 6.15. The van der Waals surface area contributed by atoms with Crippen molar-refractivity contribution in [3.05, 3.63) is 88.1 Å². The normalized spacial score (nSPS) is 25.2. The number of nitrogens with zero attached hydrogens (tertiary/aromatic N) is 1. The molecule has 0 aromatic heterocycles. The van der Waals surface area contributed by atoms with Gasteiger partial charge in [-0.3, -0.25) is 5.41 Å². The average molecular weight is 430 g/mol. The lowest BCUT2D eigenvalue weighted by Crippen LogP contribution is -2.44. The van der Waals surface area contributed by atoms with E-state index in [4.69, 9.17) is 5.41 Å². The van der Waals surface area contributed by atoms with Gasteiger partial charge in [0.15, 0.2) is 0 Å². The minimum absolute atomic E-state index is 0.136. The van der Waals surface area contributed by atoms with Crippen LogP contribution in [0.2, 0.25) is 0 Å². The lowest BCUT2D eigenvalue weighted by molar-refractivity contribution is 0.110. The highest BCUT2D eigenvalue weighted by Gasteiger charge is 2.50. The van der Waals surface area contributed by atoms with Gasteiger partial charge >= 0.3 is 0 Å². The van der Waals surface area contributed by atoms with Gasteiger partial charge in [0.1, 0.15) is 11.6 Å². The lowest BCUT2D eigenvalue weighted by atomic mass is 9.56. The molecule has 4 rings (SSSR count). The number of halogens is 1. The molecule has 2 aliphatic rings. The van der Waals surface area contributed by atoms with Crippen molar-refractivity contribution >= 4 is 11.4 Å². The van der Waals surface area contributed by atoms with Crippen LogP contribution in [0.25, 0.3) is 0 Å². The predicted octanol–water partition coefficient (Wildman–Crippen LogP) is 6.66. The molecule has 0 radical (unpaired) electrons. The summed E-state index contributed by atoms with van der Waals surface area (Å²) >= 11 is 0. The Morgan fingerprint density at radius 3 is 2.47 bits per heavy atom. The van der Waals surface area contributed by atoms with Crippen LogP contribution in [0.5, 0.6) is 0 Å². The predicted molar refractivity (Wildman–Crippen MR) is 125 cm³/mol. The lowest BCUT2D eigenvalue weighted by Gasteiger charge is -2.50. The molecule has 3 atom stereocenters. The fraction of sp³-hybridized carbons (Fsp3) is 0.333. The van der Waals surface area contributed by atoms with Crippen LogP contribution in [0.4, 0.5) is 10.1 Å². The number of benzene rings is 2. The summed E-state index contributed by atoms with van der Waals surface area (Å²) in [5.41, 5.74) is 4.86. The highest BCUT2D eigenvalue weighted by molar-refractivity contribution is 6.11. The van der Waals surface area contributed by atoms with Gasteiger partial charge in [-0.15, -0.1) is 0 Å². The Balaban J connectivity index is 1.86. The molecule has 0 bridgehead atoms. The highest BCUT2D eigenvalue weighted by Crippen LogP contribution is 2.56. The Bertz CT molecular complexity index is 1150. The SMILES string of the molecule is Cc1ccc(NC2=C(C(=N)c3ccc(F)cc3)CC[C@@H]3[C@@H](C)C(O)=C(C#N)C[C@@]23C)cc1. The largest absolute Gasteiger partial charge is 0.511 e. The van der Waals surface area contributed by atoms with Gasteiger partial charge in [-0.2, -0.15) is 5.26 Å². The van der Waals surface area contributed by atoms with Gasteiger partial charge < -0.3 is 10.4 Å². The molecule has 0 spiro atoms. The van der Waals surface area contributed by atoms with E-state index in [1.165, 1.54) is 12.1 Å². The number of hydrogen-bond donors (Lipinski definition) is 3. The van der Waals surface area contributed by atoms with E-state index in [0.717, 1.165) is 28.9 Å². The van der Waals surface area contributed by atoms with Crippen LogP contribution < -0.4 is 5.32 Å². The van der Waals surface area contributed by atoms with Crippen molar-refractivity contribution in [2.45, 2.75) is 40.0 Å². The molecule has 0 heterocycles. The number of nitriles is 1. The second-order valence-corrected chi connectivity index (χ2v) is 9.23. The molecule has 3 N–H and O–H groups in total. The van der Waals surface area contributed by atoms with Gasteiger partial charge in [-0.25, -0.2) is 4.39 Å². The maximum Gasteiger partial charge on any atom is 0.123 e. The number of anilines is 1. The third kappa shape index (κ3) is 3.71. The molecule has 164 valence electrons. The summed E-state index contributed by atoms with van der Waals surface area (Å²) in [5, 5.41) is 32.9. The fourth-order valence-electron chi connectivity index (χ4n) is 5.35. The van der Waals surface area contributed by atoms with E-state index in [2.05, 4.69) is 18.3 Å². The Kier molecular flexibility index (Phi) is 5.64. The van der Waals surface area contributed by atoms with Gasteiger partial charge in [0.05, 0.1) is 17.4 Å². The maximum absolute atomic E-state index is 13.5. The summed E-state index contributed by atoms with van der Waals surface area (Å²) < 4.78 is 13.5. The van der Waals surface area contributed by atoms with Crippen LogP contribution in [-0.4, -0.2) is 10.8 Å². The van der Waals surface area contributed by atoms with Crippen LogP contribution in [0.1, 0.15) is 44.2 Å². The van der Waals surface area contributed by atoms with Crippen molar-refractivity contribution in [2.75, 3.05) is 5.32 Å². The zero-order chi connectivity index (χ0) is 23.0. The van der Waals surface area contributed by atoms with Gasteiger partial charge in [0, 0.05) is 22.7 Å². The Labute approximate surface area is 188 Å². The molecule has 0 amide bonds. The number of fused-ring (bicyclic) bond motifs is 1. The Morgan fingerprint density at radius 2 is 1.84 bits per heavy atom. The minimum atomic E-state index is -0.443. The molecule has 2 aliphatic carbocycles. The van der Waals surface area contributed by atoms with Crippen molar-refractivity contribution < 1.29 is 9.50 Å². The van der Waals surface area contributed by atoms with Crippen LogP contribution in [-0.2, 0) is 0 Å². The molecule has 0 saturated carbocycles. The van der Waals surface area contributed by atoms with E-state index in [9.17, 15) is 14.8 Å². The van der Waals surface area contributed by atoms with Gasteiger partial charge in [0.25, 0.3) is 0 Å². The summed E-state index contributed by atoms with van der Waals surface area (Å²) in [6.07, 6.45) is 1.89. The molecule has 4 nitrogen and oxygen atoms in total. The summed E-state index contributed by atoms with van der Waals surface area (Å²) in [7, 11) is 0. The van der Waals surface area contributed by atoms with Gasteiger partial charge in [-0.1, -0.05) is 31.5 Å². The maximum atomic E-state index is 13.5. The molecular weight excluding hydrogens is 401 g/mol. The first kappa shape index (κ1) is 21.8. The van der Waals surface area contributed by atoms with E-state index in [-0.39, 0.29) is 23.4 Å². The number of allylic oxidation sites excluding steroid dienone is 4.